The lowest BCUT2D eigenvalue weighted by Crippen LogP contribution is -2.57. The molecule has 0 aliphatic heterocycles. The molecular formula is C35H51N3O6S. The second-order valence-corrected chi connectivity index (χ2v) is 13.9. The zero-order valence-corrected chi connectivity index (χ0v) is 29.3. The number of nitrogens with zero attached hydrogens (tertiary/aromatic N) is 1. The molecule has 0 saturated heterocycles. The molecule has 0 spiro atoms. The molecule has 2 aromatic rings. The smallest absolute Gasteiger partial charge is 0.408 e. The van der Waals surface area contributed by atoms with Crippen LogP contribution in [0, 0.1) is 13.8 Å². The van der Waals surface area contributed by atoms with Crippen molar-refractivity contribution in [3.63, 3.8) is 0 Å². The van der Waals surface area contributed by atoms with Gasteiger partial charge in [-0.05, 0) is 79.9 Å². The van der Waals surface area contributed by atoms with Crippen LogP contribution < -0.4 is 10.6 Å². The number of hydrogen-bond acceptors (Lipinski definition) is 7. The lowest BCUT2D eigenvalue weighted by molar-refractivity contribution is -0.159. The van der Waals surface area contributed by atoms with E-state index >= 15 is 0 Å². The Labute approximate surface area is 274 Å². The van der Waals surface area contributed by atoms with E-state index in [1.165, 1.54) is 4.90 Å². The highest BCUT2D eigenvalue weighted by Gasteiger charge is 2.40. The summed E-state index contributed by atoms with van der Waals surface area (Å²) < 4.78 is 11.1. The molecular weight excluding hydrogens is 590 g/mol. The van der Waals surface area contributed by atoms with Gasteiger partial charge in [0.25, 0.3) is 0 Å². The van der Waals surface area contributed by atoms with Crippen molar-refractivity contribution in [3.8, 4) is 0 Å². The Kier molecular flexibility index (Phi) is 13.5. The summed E-state index contributed by atoms with van der Waals surface area (Å²) in [6, 6.07) is 11.4. The molecule has 0 saturated carbocycles. The van der Waals surface area contributed by atoms with Gasteiger partial charge >= 0.3 is 12.1 Å². The molecule has 0 aliphatic carbocycles. The molecule has 45 heavy (non-hydrogen) atoms. The fourth-order valence-electron chi connectivity index (χ4n) is 4.88. The number of benzene rings is 2. The number of carbonyl (C=O) groups is 4. The molecule has 3 amide bonds. The number of esters is 1. The summed E-state index contributed by atoms with van der Waals surface area (Å²) >= 11 is 4.37. The SMILES string of the molecule is CCC(C)N(C(=O)C(CS)NC(=O)OC(C)(C)C)C(C(=O)NC(Cc1ccccc1)C(=O)OC(C)(C)C)c1cc(C)cc(C)c1. The van der Waals surface area contributed by atoms with Gasteiger partial charge in [0.05, 0.1) is 0 Å². The van der Waals surface area contributed by atoms with Gasteiger partial charge < -0.3 is 25.0 Å². The number of thiol groups is 1. The molecule has 10 heteroatoms. The molecule has 0 heterocycles. The Morgan fingerprint density at radius 3 is 1.89 bits per heavy atom. The molecule has 2 rings (SSSR count). The minimum absolute atomic E-state index is 0.0270. The van der Waals surface area contributed by atoms with Gasteiger partial charge in [-0.25, -0.2) is 9.59 Å². The van der Waals surface area contributed by atoms with Crippen molar-refractivity contribution in [3.05, 3.63) is 70.8 Å². The summed E-state index contributed by atoms with van der Waals surface area (Å²) in [6.07, 6.45) is -0.0529. The predicted molar refractivity (Wildman–Crippen MR) is 180 cm³/mol. The maximum absolute atomic E-state index is 14.5. The standard InChI is InChI=1S/C35H51N3O6S/c1-11-24(4)38(31(40)28(21-45)37-33(42)44-35(8,9)10)29(26-18-22(2)17-23(3)19-26)30(39)36-27(32(41)43-34(5,6)7)20-25-15-13-12-14-16-25/h12-19,24,27-29,45H,11,20-21H2,1-10H3,(H,36,39)(H,37,42). The van der Waals surface area contributed by atoms with E-state index in [0.717, 1.165) is 16.7 Å². The highest BCUT2D eigenvalue weighted by molar-refractivity contribution is 7.80. The second-order valence-electron chi connectivity index (χ2n) is 13.5. The van der Waals surface area contributed by atoms with Gasteiger partial charge in [0.15, 0.2) is 0 Å². The van der Waals surface area contributed by atoms with Gasteiger partial charge in [-0.3, -0.25) is 9.59 Å². The normalized spacial score (nSPS) is 14.4. The average Bonchev–Trinajstić information content (AvgIpc) is 2.91. The van der Waals surface area contributed by atoms with Crippen LogP contribution in [0.15, 0.2) is 48.5 Å². The molecule has 4 atom stereocenters. The van der Waals surface area contributed by atoms with Crippen molar-refractivity contribution in [2.75, 3.05) is 5.75 Å². The minimum atomic E-state index is -1.13. The molecule has 2 aromatic carbocycles. The first-order valence-corrected chi connectivity index (χ1v) is 16.1. The number of aryl methyl sites for hydroxylation is 2. The van der Waals surface area contributed by atoms with E-state index in [0.29, 0.717) is 12.0 Å². The molecule has 0 radical (unpaired) electrons. The molecule has 0 fully saturated rings. The zero-order chi connectivity index (χ0) is 34.1. The van der Waals surface area contributed by atoms with Crippen LogP contribution in [0.4, 0.5) is 4.79 Å². The van der Waals surface area contributed by atoms with Crippen molar-refractivity contribution in [1.82, 2.24) is 15.5 Å². The molecule has 0 aliphatic rings. The van der Waals surface area contributed by atoms with Crippen LogP contribution in [-0.4, -0.2) is 63.9 Å². The summed E-state index contributed by atoms with van der Waals surface area (Å²) in [5, 5.41) is 5.56. The third kappa shape index (κ3) is 12.1. The first kappa shape index (κ1) is 37.7. The maximum atomic E-state index is 14.5. The Bertz CT molecular complexity index is 1300. The van der Waals surface area contributed by atoms with Gasteiger partial charge in [-0.15, -0.1) is 0 Å². The lowest BCUT2D eigenvalue weighted by atomic mass is 9.96. The number of carbonyl (C=O) groups excluding carboxylic acids is 4. The third-order valence-corrected chi connectivity index (χ3v) is 7.23. The van der Waals surface area contributed by atoms with Gasteiger partial charge in [0.1, 0.15) is 29.3 Å². The molecule has 4 unspecified atom stereocenters. The largest absolute Gasteiger partial charge is 0.458 e. The number of rotatable bonds is 12. The van der Waals surface area contributed by atoms with Crippen molar-refractivity contribution >= 4 is 36.5 Å². The number of ether oxygens (including phenoxy) is 2. The summed E-state index contributed by atoms with van der Waals surface area (Å²) in [5.74, 6) is -1.65. The number of alkyl carbamates (subject to hydrolysis) is 1. The topological polar surface area (TPSA) is 114 Å². The molecule has 9 nitrogen and oxygen atoms in total. The van der Waals surface area contributed by atoms with Crippen LogP contribution >= 0.6 is 12.6 Å². The lowest BCUT2D eigenvalue weighted by Gasteiger charge is -2.38. The molecule has 2 N–H and O–H groups in total. The van der Waals surface area contributed by atoms with Crippen LogP contribution in [0.3, 0.4) is 0 Å². The summed E-state index contributed by atoms with van der Waals surface area (Å²) in [7, 11) is 0. The number of amides is 3. The summed E-state index contributed by atoms with van der Waals surface area (Å²) in [6.45, 7) is 18.1. The van der Waals surface area contributed by atoms with E-state index < -0.39 is 59.2 Å². The van der Waals surface area contributed by atoms with E-state index in [9.17, 15) is 19.2 Å². The van der Waals surface area contributed by atoms with Gasteiger partial charge in [-0.2, -0.15) is 12.6 Å². The third-order valence-electron chi connectivity index (χ3n) is 6.87. The fourth-order valence-corrected chi connectivity index (χ4v) is 5.13. The predicted octanol–water partition coefficient (Wildman–Crippen LogP) is 5.86. The second kappa shape index (κ2) is 16.2. The quantitative estimate of drug-likeness (QED) is 0.198. The molecule has 248 valence electrons. The van der Waals surface area contributed by atoms with E-state index in [4.69, 9.17) is 9.47 Å². The van der Waals surface area contributed by atoms with Crippen LogP contribution in [-0.2, 0) is 30.3 Å². The van der Waals surface area contributed by atoms with Crippen LogP contribution in [0.1, 0.15) is 90.1 Å². The first-order valence-electron chi connectivity index (χ1n) is 15.4. The fraction of sp³-hybridized carbons (Fsp3) is 0.543. The minimum Gasteiger partial charge on any atom is -0.458 e. The zero-order valence-electron chi connectivity index (χ0n) is 28.4. The van der Waals surface area contributed by atoms with Gasteiger partial charge in [-0.1, -0.05) is 66.6 Å². The van der Waals surface area contributed by atoms with Crippen molar-refractivity contribution in [2.24, 2.45) is 0 Å². The monoisotopic (exact) mass is 641 g/mol. The van der Waals surface area contributed by atoms with Crippen LogP contribution in [0.2, 0.25) is 0 Å². The van der Waals surface area contributed by atoms with E-state index in [2.05, 4.69) is 23.3 Å². The van der Waals surface area contributed by atoms with Crippen molar-refractivity contribution in [2.45, 2.75) is 117 Å². The Balaban J connectivity index is 2.63. The van der Waals surface area contributed by atoms with E-state index in [1.54, 1.807) is 41.5 Å². The number of nitrogens with one attached hydrogen (secondary N) is 2. The van der Waals surface area contributed by atoms with Crippen LogP contribution in [0.25, 0.3) is 0 Å². The maximum Gasteiger partial charge on any atom is 0.408 e. The Hall–Kier alpha value is -3.53. The summed E-state index contributed by atoms with van der Waals surface area (Å²) in [4.78, 5) is 56.4. The Morgan fingerprint density at radius 2 is 1.40 bits per heavy atom. The molecule has 0 bridgehead atoms. The first-order chi connectivity index (χ1) is 20.8. The van der Waals surface area contributed by atoms with Gasteiger partial charge in [0.2, 0.25) is 11.8 Å². The molecule has 0 aromatic heterocycles. The summed E-state index contributed by atoms with van der Waals surface area (Å²) in [5.41, 5.74) is 1.67. The van der Waals surface area contributed by atoms with Gasteiger partial charge in [0, 0.05) is 18.2 Å². The Morgan fingerprint density at radius 1 is 0.844 bits per heavy atom. The number of hydrogen-bond donors (Lipinski definition) is 3. The highest BCUT2D eigenvalue weighted by atomic mass is 32.1. The van der Waals surface area contributed by atoms with Crippen molar-refractivity contribution < 1.29 is 28.7 Å². The van der Waals surface area contributed by atoms with Crippen molar-refractivity contribution in [1.29, 1.82) is 0 Å². The van der Waals surface area contributed by atoms with Crippen LogP contribution in [0.5, 0.6) is 0 Å². The average molecular weight is 642 g/mol. The van der Waals surface area contributed by atoms with E-state index in [-0.39, 0.29) is 12.2 Å². The highest BCUT2D eigenvalue weighted by Crippen LogP contribution is 2.28. The van der Waals surface area contributed by atoms with E-state index in [1.807, 2.05) is 76.2 Å².